The Morgan fingerprint density at radius 3 is 2.57 bits per heavy atom. The Bertz CT molecular complexity index is 1050. The van der Waals surface area contributed by atoms with E-state index >= 15 is 4.39 Å². The fourth-order valence-electron chi connectivity index (χ4n) is 4.69. The van der Waals surface area contributed by atoms with E-state index in [1.54, 1.807) is 0 Å². The van der Waals surface area contributed by atoms with Gasteiger partial charge in [-0.3, -0.25) is 0 Å². The molecule has 1 aliphatic heterocycles. The summed E-state index contributed by atoms with van der Waals surface area (Å²) in [6, 6.07) is 7.64. The molecule has 9 heteroatoms. The molecule has 3 atom stereocenters. The quantitative estimate of drug-likeness (QED) is 0.738. The van der Waals surface area contributed by atoms with Gasteiger partial charge in [0.1, 0.15) is 10.6 Å². The molecule has 2 aromatic rings. The van der Waals surface area contributed by atoms with E-state index in [0.717, 1.165) is 12.1 Å². The molecular formula is C21H22ClF2NO4S. The van der Waals surface area contributed by atoms with Crippen molar-refractivity contribution in [2.24, 2.45) is 11.7 Å². The number of nitrogens with two attached hydrogens (primary N) is 1. The van der Waals surface area contributed by atoms with Crippen LogP contribution in [-0.2, 0) is 19.3 Å². The highest BCUT2D eigenvalue weighted by atomic mass is 35.5. The third-order valence-electron chi connectivity index (χ3n) is 6.03. The maximum atomic E-state index is 15.1. The van der Waals surface area contributed by atoms with Crippen molar-refractivity contribution in [3.8, 4) is 5.75 Å². The summed E-state index contributed by atoms with van der Waals surface area (Å²) in [5.74, 6) is -2.52. The lowest BCUT2D eigenvalue weighted by Gasteiger charge is -2.48. The van der Waals surface area contributed by atoms with E-state index in [4.69, 9.17) is 26.8 Å². The number of fused-ring (bicyclic) bond motifs is 3. The zero-order chi connectivity index (χ0) is 21.5. The Labute approximate surface area is 179 Å². The maximum absolute atomic E-state index is 15.1. The van der Waals surface area contributed by atoms with E-state index < -0.39 is 32.1 Å². The molecule has 1 fully saturated rings. The molecule has 1 heterocycles. The summed E-state index contributed by atoms with van der Waals surface area (Å²) in [5.41, 5.74) is 5.28. The number of hydrogen-bond acceptors (Lipinski definition) is 5. The second kappa shape index (κ2) is 8.07. The molecule has 0 bridgehead atoms. The summed E-state index contributed by atoms with van der Waals surface area (Å²) in [6.45, 7) is 0.631. The molecule has 1 aliphatic carbocycles. The number of ether oxygens (including phenoxy) is 2. The molecule has 2 aliphatic rings. The van der Waals surface area contributed by atoms with Gasteiger partial charge in [-0.05, 0) is 55.7 Å². The summed E-state index contributed by atoms with van der Waals surface area (Å²) >= 11 is 5.93. The first-order valence-electron chi connectivity index (χ1n) is 9.74. The topological polar surface area (TPSA) is 78.6 Å². The first kappa shape index (κ1) is 21.5. The summed E-state index contributed by atoms with van der Waals surface area (Å²) < 4.78 is 67.2. The molecule has 30 heavy (non-hydrogen) atoms. The van der Waals surface area contributed by atoms with Crippen LogP contribution in [-0.4, -0.2) is 34.3 Å². The first-order valence-corrected chi connectivity index (χ1v) is 11.6. The van der Waals surface area contributed by atoms with E-state index in [0.29, 0.717) is 31.0 Å². The van der Waals surface area contributed by atoms with Crippen molar-refractivity contribution in [1.82, 2.24) is 0 Å². The van der Waals surface area contributed by atoms with Crippen LogP contribution in [0.4, 0.5) is 8.78 Å². The summed E-state index contributed by atoms with van der Waals surface area (Å²) in [7, 11) is -4.12. The molecule has 0 unspecified atom stereocenters. The average Bonchev–Trinajstić information content (AvgIpc) is 2.74. The van der Waals surface area contributed by atoms with Crippen molar-refractivity contribution < 1.29 is 26.7 Å². The minimum Gasteiger partial charge on any atom is -0.490 e. The fraction of sp³-hybridized carbons (Fsp3) is 0.429. The minimum atomic E-state index is -4.12. The monoisotopic (exact) mass is 457 g/mol. The van der Waals surface area contributed by atoms with Crippen LogP contribution in [0.5, 0.6) is 5.75 Å². The number of rotatable bonds is 5. The molecule has 0 spiro atoms. The Hall–Kier alpha value is -1.74. The molecule has 0 saturated heterocycles. The van der Waals surface area contributed by atoms with Crippen LogP contribution >= 0.6 is 11.6 Å². The van der Waals surface area contributed by atoms with Crippen molar-refractivity contribution in [1.29, 1.82) is 0 Å². The van der Waals surface area contributed by atoms with Gasteiger partial charge in [0.05, 0.1) is 29.8 Å². The van der Waals surface area contributed by atoms with Crippen molar-refractivity contribution in [2.45, 2.75) is 35.0 Å². The van der Waals surface area contributed by atoms with Crippen molar-refractivity contribution in [3.63, 3.8) is 0 Å². The Morgan fingerprint density at radius 2 is 1.87 bits per heavy atom. The van der Waals surface area contributed by atoms with Gasteiger partial charge in [-0.2, -0.15) is 0 Å². The van der Waals surface area contributed by atoms with Crippen molar-refractivity contribution in [3.05, 3.63) is 58.6 Å². The van der Waals surface area contributed by atoms with Crippen molar-refractivity contribution >= 4 is 21.4 Å². The maximum Gasteiger partial charge on any atom is 0.188 e. The highest BCUT2D eigenvalue weighted by Gasteiger charge is 2.59. The Morgan fingerprint density at radius 1 is 1.17 bits per heavy atom. The van der Waals surface area contributed by atoms with Crippen LogP contribution < -0.4 is 10.5 Å². The Kier molecular flexibility index (Phi) is 5.78. The van der Waals surface area contributed by atoms with Crippen LogP contribution in [0.2, 0.25) is 5.02 Å². The SMILES string of the molecule is NCCO[C@@H]1CC[C@@]2(S(=O)(=O)c3ccc(Cl)cc3)c3c(F)ccc(F)c3OC[C@H]2C1. The largest absolute Gasteiger partial charge is 0.490 e. The number of sulfone groups is 1. The second-order valence-electron chi connectivity index (χ2n) is 7.64. The van der Waals surface area contributed by atoms with Gasteiger partial charge >= 0.3 is 0 Å². The predicted octanol–water partition coefficient (Wildman–Crippen LogP) is 3.82. The van der Waals surface area contributed by atoms with Gasteiger partial charge in [-0.25, -0.2) is 17.2 Å². The van der Waals surface area contributed by atoms with Gasteiger partial charge in [0.2, 0.25) is 0 Å². The fourth-order valence-corrected chi connectivity index (χ4v) is 7.18. The first-order chi connectivity index (χ1) is 14.3. The van der Waals surface area contributed by atoms with Crippen molar-refractivity contribution in [2.75, 3.05) is 19.8 Å². The van der Waals surface area contributed by atoms with Crippen LogP contribution in [0, 0.1) is 17.6 Å². The van der Waals surface area contributed by atoms with Gasteiger partial charge in [0, 0.05) is 17.5 Å². The molecule has 2 N–H and O–H groups in total. The van der Waals surface area contributed by atoms with Gasteiger partial charge in [0.15, 0.2) is 21.4 Å². The van der Waals surface area contributed by atoms with E-state index in [9.17, 15) is 12.8 Å². The smallest absolute Gasteiger partial charge is 0.188 e. The van der Waals surface area contributed by atoms with E-state index in [-0.39, 0.29) is 35.3 Å². The molecule has 162 valence electrons. The third kappa shape index (κ3) is 3.30. The average molecular weight is 458 g/mol. The van der Waals surface area contributed by atoms with Crippen LogP contribution in [0.3, 0.4) is 0 Å². The van der Waals surface area contributed by atoms with Gasteiger partial charge in [-0.1, -0.05) is 11.6 Å². The van der Waals surface area contributed by atoms with Gasteiger partial charge in [0.25, 0.3) is 0 Å². The number of hydrogen-bond donors (Lipinski definition) is 1. The van der Waals surface area contributed by atoms with Gasteiger partial charge in [-0.15, -0.1) is 0 Å². The van der Waals surface area contributed by atoms with Crippen LogP contribution in [0.1, 0.15) is 24.8 Å². The highest BCUT2D eigenvalue weighted by molar-refractivity contribution is 7.92. The number of benzene rings is 2. The number of halogens is 3. The van der Waals surface area contributed by atoms with Gasteiger partial charge < -0.3 is 15.2 Å². The normalized spacial score (nSPS) is 25.9. The lowest BCUT2D eigenvalue weighted by atomic mass is 9.72. The highest BCUT2D eigenvalue weighted by Crippen LogP contribution is 2.56. The molecular weight excluding hydrogens is 436 g/mol. The zero-order valence-corrected chi connectivity index (χ0v) is 17.7. The van der Waals surface area contributed by atoms with E-state index in [1.165, 1.54) is 24.3 Å². The van der Waals surface area contributed by atoms with Crippen LogP contribution in [0.25, 0.3) is 0 Å². The Balaban J connectivity index is 1.90. The lowest BCUT2D eigenvalue weighted by Crippen LogP contribution is -2.53. The zero-order valence-electron chi connectivity index (χ0n) is 16.1. The molecule has 5 nitrogen and oxygen atoms in total. The molecule has 4 rings (SSSR count). The van der Waals surface area contributed by atoms with Crippen LogP contribution in [0.15, 0.2) is 41.3 Å². The predicted molar refractivity (Wildman–Crippen MR) is 108 cm³/mol. The third-order valence-corrected chi connectivity index (χ3v) is 8.88. The minimum absolute atomic E-state index is 0.00902. The molecule has 1 saturated carbocycles. The van der Waals surface area contributed by atoms with E-state index in [2.05, 4.69) is 0 Å². The standard InChI is InChI=1S/C21H22ClF2NO4S/c22-14-1-3-16(4-2-14)30(26,27)21-8-7-15(28-10-9-25)11-13(21)12-29-20-18(24)6-5-17(23)19(20)21/h1-6,13,15H,7-12,25H2/t13-,15-,21+/m1/s1. The summed E-state index contributed by atoms with van der Waals surface area (Å²) in [4.78, 5) is 0.00902. The molecule has 0 amide bonds. The second-order valence-corrected chi connectivity index (χ2v) is 10.3. The van der Waals surface area contributed by atoms with E-state index in [1.807, 2.05) is 0 Å². The molecule has 2 aromatic carbocycles. The summed E-state index contributed by atoms with van der Waals surface area (Å²) in [5, 5.41) is 0.381. The summed E-state index contributed by atoms with van der Waals surface area (Å²) in [6.07, 6.45) is 0.559. The lowest BCUT2D eigenvalue weighted by molar-refractivity contribution is -0.0121. The molecule has 0 aromatic heterocycles. The molecule has 0 radical (unpaired) electrons.